The first-order valence-corrected chi connectivity index (χ1v) is 6.28. The molecule has 0 aliphatic heterocycles. The number of carbonyl (C=O) groups is 1. The third-order valence-corrected chi connectivity index (χ3v) is 3.96. The van der Waals surface area contributed by atoms with Gasteiger partial charge in [-0.25, -0.2) is 4.39 Å². The summed E-state index contributed by atoms with van der Waals surface area (Å²) in [6.45, 7) is 5.86. The highest BCUT2D eigenvalue weighted by molar-refractivity contribution is 5.79. The van der Waals surface area contributed by atoms with Crippen molar-refractivity contribution in [3.63, 3.8) is 0 Å². The molecule has 2 aliphatic rings. The summed E-state index contributed by atoms with van der Waals surface area (Å²) < 4.78 is 18.3. The Balaban J connectivity index is 1.97. The van der Waals surface area contributed by atoms with Gasteiger partial charge in [-0.15, -0.1) is 0 Å². The van der Waals surface area contributed by atoms with E-state index < -0.39 is 17.2 Å². The molecule has 2 N–H and O–H groups in total. The van der Waals surface area contributed by atoms with Gasteiger partial charge in [-0.05, 0) is 51.9 Å². The SMILES string of the molecule is CC(C)(C)OC(=O)C1(CN)CC2(CC(F)C2)C1. The van der Waals surface area contributed by atoms with E-state index in [2.05, 4.69) is 0 Å². The molecular weight excluding hydrogens is 221 g/mol. The molecule has 0 bridgehead atoms. The molecule has 2 aliphatic carbocycles. The molecule has 0 unspecified atom stereocenters. The van der Waals surface area contributed by atoms with Crippen LogP contribution in [0.4, 0.5) is 4.39 Å². The molecule has 0 amide bonds. The first-order chi connectivity index (χ1) is 7.70. The molecule has 1 spiro atoms. The second-order valence-electron chi connectivity index (χ2n) is 6.85. The Morgan fingerprint density at radius 3 is 2.29 bits per heavy atom. The number of carbonyl (C=O) groups excluding carboxylic acids is 1. The molecule has 0 atom stereocenters. The van der Waals surface area contributed by atoms with Crippen LogP contribution in [0.25, 0.3) is 0 Å². The number of hydrogen-bond donors (Lipinski definition) is 1. The van der Waals surface area contributed by atoms with Crippen LogP contribution in [-0.2, 0) is 9.53 Å². The molecular formula is C13H22FNO2. The largest absolute Gasteiger partial charge is 0.460 e. The van der Waals surface area contributed by atoms with Crippen LogP contribution >= 0.6 is 0 Å². The molecule has 0 aromatic carbocycles. The van der Waals surface area contributed by atoms with Gasteiger partial charge in [0.2, 0.25) is 0 Å². The zero-order valence-corrected chi connectivity index (χ0v) is 10.9. The van der Waals surface area contributed by atoms with Crippen molar-refractivity contribution in [2.45, 2.75) is 58.2 Å². The van der Waals surface area contributed by atoms with Crippen molar-refractivity contribution >= 4 is 5.97 Å². The predicted octanol–water partition coefficient (Wildman–Crippen LogP) is 2.19. The van der Waals surface area contributed by atoms with E-state index in [-0.39, 0.29) is 11.4 Å². The summed E-state index contributed by atoms with van der Waals surface area (Å²) in [7, 11) is 0. The second-order valence-corrected chi connectivity index (χ2v) is 6.85. The fraction of sp³-hybridized carbons (Fsp3) is 0.923. The van der Waals surface area contributed by atoms with Gasteiger partial charge in [0.15, 0.2) is 0 Å². The Morgan fingerprint density at radius 1 is 1.41 bits per heavy atom. The van der Waals surface area contributed by atoms with Crippen LogP contribution in [0.3, 0.4) is 0 Å². The minimum Gasteiger partial charge on any atom is -0.460 e. The first-order valence-electron chi connectivity index (χ1n) is 6.28. The molecule has 3 nitrogen and oxygen atoms in total. The summed E-state index contributed by atoms with van der Waals surface area (Å²) in [5.74, 6) is -0.208. The van der Waals surface area contributed by atoms with Crippen LogP contribution in [0.15, 0.2) is 0 Å². The van der Waals surface area contributed by atoms with Crippen LogP contribution in [0.2, 0.25) is 0 Å². The summed E-state index contributed by atoms with van der Waals surface area (Å²) in [5, 5.41) is 0. The van der Waals surface area contributed by atoms with Gasteiger partial charge < -0.3 is 10.5 Å². The molecule has 0 aromatic heterocycles. The normalized spacial score (nSPS) is 40.6. The molecule has 0 heterocycles. The number of hydrogen-bond acceptors (Lipinski definition) is 3. The third-order valence-electron chi connectivity index (χ3n) is 3.96. The molecule has 2 fully saturated rings. The maximum atomic E-state index is 12.9. The highest BCUT2D eigenvalue weighted by Crippen LogP contribution is 2.65. The molecule has 0 radical (unpaired) electrons. The van der Waals surface area contributed by atoms with E-state index in [1.807, 2.05) is 20.8 Å². The summed E-state index contributed by atoms with van der Waals surface area (Å²) in [6.07, 6.45) is 1.91. The fourth-order valence-corrected chi connectivity index (χ4v) is 3.31. The van der Waals surface area contributed by atoms with Gasteiger partial charge in [0.1, 0.15) is 11.8 Å². The highest BCUT2D eigenvalue weighted by Gasteiger charge is 2.63. The van der Waals surface area contributed by atoms with Crippen molar-refractivity contribution in [3.05, 3.63) is 0 Å². The average molecular weight is 243 g/mol. The Hall–Kier alpha value is -0.640. The van der Waals surface area contributed by atoms with Gasteiger partial charge in [0.25, 0.3) is 0 Å². The van der Waals surface area contributed by atoms with Crippen LogP contribution in [0.1, 0.15) is 46.5 Å². The van der Waals surface area contributed by atoms with E-state index in [9.17, 15) is 9.18 Å². The number of alkyl halides is 1. The lowest BCUT2D eigenvalue weighted by molar-refractivity contribution is -0.196. The number of halogens is 1. The quantitative estimate of drug-likeness (QED) is 0.756. The maximum absolute atomic E-state index is 12.9. The topological polar surface area (TPSA) is 52.3 Å². The summed E-state index contributed by atoms with van der Waals surface area (Å²) in [6, 6.07) is 0. The molecule has 2 rings (SSSR count). The van der Waals surface area contributed by atoms with E-state index in [0.717, 1.165) is 0 Å². The van der Waals surface area contributed by atoms with E-state index in [4.69, 9.17) is 10.5 Å². The maximum Gasteiger partial charge on any atom is 0.313 e. The zero-order valence-electron chi connectivity index (χ0n) is 10.9. The number of esters is 1. The highest BCUT2D eigenvalue weighted by atomic mass is 19.1. The van der Waals surface area contributed by atoms with E-state index in [1.165, 1.54) is 0 Å². The van der Waals surface area contributed by atoms with E-state index in [1.54, 1.807) is 0 Å². The van der Waals surface area contributed by atoms with Gasteiger partial charge in [-0.3, -0.25) is 4.79 Å². The van der Waals surface area contributed by atoms with Gasteiger partial charge in [-0.2, -0.15) is 0 Å². The van der Waals surface area contributed by atoms with Crippen molar-refractivity contribution < 1.29 is 13.9 Å². The third kappa shape index (κ3) is 2.19. The van der Waals surface area contributed by atoms with Crippen molar-refractivity contribution in [1.82, 2.24) is 0 Å². The lowest BCUT2D eigenvalue weighted by atomic mass is 9.44. The van der Waals surface area contributed by atoms with Gasteiger partial charge >= 0.3 is 5.97 Å². The zero-order chi connectivity index (χ0) is 12.9. The lowest BCUT2D eigenvalue weighted by Gasteiger charge is -2.60. The van der Waals surface area contributed by atoms with Gasteiger partial charge in [0.05, 0.1) is 5.41 Å². The molecule has 17 heavy (non-hydrogen) atoms. The summed E-state index contributed by atoms with van der Waals surface area (Å²) >= 11 is 0. The fourth-order valence-electron chi connectivity index (χ4n) is 3.31. The Labute approximate surface area is 102 Å². The molecule has 0 aromatic rings. The monoisotopic (exact) mass is 243 g/mol. The molecule has 4 heteroatoms. The first kappa shape index (κ1) is 12.8. The number of ether oxygens (including phenoxy) is 1. The number of nitrogens with two attached hydrogens (primary N) is 1. The molecule has 2 saturated carbocycles. The Morgan fingerprint density at radius 2 is 1.94 bits per heavy atom. The minimum atomic E-state index is -0.676. The smallest absolute Gasteiger partial charge is 0.313 e. The minimum absolute atomic E-state index is 0.0513. The number of rotatable bonds is 2. The standard InChI is InChI=1S/C13H22FNO2/c1-11(2,3)17-10(16)13(8-15)6-12(7-13)4-9(14)5-12/h9H,4-8,15H2,1-3H3. The van der Waals surface area contributed by atoms with Crippen LogP contribution in [0.5, 0.6) is 0 Å². The van der Waals surface area contributed by atoms with E-state index >= 15 is 0 Å². The molecule has 98 valence electrons. The van der Waals surface area contributed by atoms with Gasteiger partial charge in [0, 0.05) is 6.54 Å². The molecule has 0 saturated heterocycles. The van der Waals surface area contributed by atoms with Crippen molar-refractivity contribution in [2.75, 3.05) is 6.54 Å². The predicted molar refractivity (Wildman–Crippen MR) is 63.1 cm³/mol. The van der Waals surface area contributed by atoms with Crippen molar-refractivity contribution in [3.8, 4) is 0 Å². The summed E-state index contributed by atoms with van der Waals surface area (Å²) in [4.78, 5) is 12.1. The van der Waals surface area contributed by atoms with Crippen LogP contribution in [-0.4, -0.2) is 24.3 Å². The second kappa shape index (κ2) is 3.67. The lowest BCUT2D eigenvalue weighted by Crippen LogP contribution is -2.61. The van der Waals surface area contributed by atoms with Crippen LogP contribution in [0, 0.1) is 10.8 Å². The summed E-state index contributed by atoms with van der Waals surface area (Å²) in [5.41, 5.74) is 4.75. The Bertz CT molecular complexity index is 321. The Kier molecular flexibility index (Phi) is 2.77. The van der Waals surface area contributed by atoms with Crippen LogP contribution < -0.4 is 5.73 Å². The van der Waals surface area contributed by atoms with E-state index in [0.29, 0.717) is 32.2 Å². The van der Waals surface area contributed by atoms with Crippen molar-refractivity contribution in [1.29, 1.82) is 0 Å². The average Bonchev–Trinajstić information content (AvgIpc) is 2.05. The van der Waals surface area contributed by atoms with Gasteiger partial charge in [-0.1, -0.05) is 0 Å². The van der Waals surface area contributed by atoms with Crippen molar-refractivity contribution in [2.24, 2.45) is 16.6 Å².